The molecular weight excluding hydrogens is 436 g/mol. The molecule has 0 amide bonds. The van der Waals surface area contributed by atoms with Gasteiger partial charge in [-0.3, -0.25) is 0 Å². The van der Waals surface area contributed by atoms with E-state index in [-0.39, 0.29) is 10.3 Å². The fraction of sp³-hybridized carbons (Fsp3) is 0.130. The molecule has 7 heteroatoms. The second-order valence-electron chi connectivity index (χ2n) is 7.00. The Hall–Kier alpha value is -2.25. The highest BCUT2D eigenvalue weighted by atomic mass is 35.5. The first-order valence-electron chi connectivity index (χ1n) is 9.46. The number of thioether (sulfide) groups is 1. The van der Waals surface area contributed by atoms with Crippen molar-refractivity contribution >= 4 is 44.1 Å². The van der Waals surface area contributed by atoms with Crippen LogP contribution in [-0.2, 0) is 16.4 Å². The smallest absolute Gasteiger partial charge is 0.209 e. The summed E-state index contributed by atoms with van der Waals surface area (Å²) in [6, 6.07) is 23.7. The van der Waals surface area contributed by atoms with Gasteiger partial charge in [0.2, 0.25) is 9.84 Å². The van der Waals surface area contributed by atoms with Gasteiger partial charge >= 0.3 is 0 Å². The first-order chi connectivity index (χ1) is 14.4. The van der Waals surface area contributed by atoms with Crippen LogP contribution < -0.4 is 5.73 Å². The van der Waals surface area contributed by atoms with Crippen LogP contribution in [0.15, 0.2) is 93.7 Å². The van der Waals surface area contributed by atoms with Gasteiger partial charge in [-0.25, -0.2) is 8.42 Å². The van der Waals surface area contributed by atoms with Crippen molar-refractivity contribution in [2.75, 3.05) is 0 Å². The Morgan fingerprint density at radius 3 is 2.27 bits per heavy atom. The van der Waals surface area contributed by atoms with Gasteiger partial charge in [-0.05, 0) is 42.8 Å². The van der Waals surface area contributed by atoms with E-state index in [2.05, 4.69) is 0 Å². The number of benzene rings is 3. The maximum atomic E-state index is 13.7. The van der Waals surface area contributed by atoms with E-state index >= 15 is 0 Å². The molecule has 0 bridgehead atoms. The molecule has 0 fully saturated rings. The number of aromatic nitrogens is 1. The molecule has 0 saturated carbocycles. The summed E-state index contributed by atoms with van der Waals surface area (Å²) in [7, 11) is -3.74. The molecule has 0 aliphatic rings. The van der Waals surface area contributed by atoms with Crippen molar-refractivity contribution in [1.82, 2.24) is 4.57 Å². The molecule has 1 unspecified atom stereocenters. The van der Waals surface area contributed by atoms with Crippen LogP contribution in [0.25, 0.3) is 10.9 Å². The van der Waals surface area contributed by atoms with Gasteiger partial charge in [-0.15, -0.1) is 0 Å². The zero-order valence-electron chi connectivity index (χ0n) is 16.3. The number of rotatable bonds is 6. The van der Waals surface area contributed by atoms with Gasteiger partial charge in [0.25, 0.3) is 0 Å². The molecule has 2 N–H and O–H groups in total. The van der Waals surface area contributed by atoms with Crippen molar-refractivity contribution in [1.29, 1.82) is 0 Å². The number of nitrogens with zero attached hydrogens (tertiary/aromatic N) is 1. The minimum atomic E-state index is -3.74. The molecule has 1 heterocycles. The first kappa shape index (κ1) is 21.0. The number of nitrogens with two attached hydrogens (primary N) is 1. The minimum absolute atomic E-state index is 0.269. The van der Waals surface area contributed by atoms with Crippen molar-refractivity contribution in [3.8, 4) is 0 Å². The number of para-hydroxylation sites is 1. The molecule has 1 aromatic heterocycles. The summed E-state index contributed by atoms with van der Waals surface area (Å²) >= 11 is 7.39. The summed E-state index contributed by atoms with van der Waals surface area (Å²) in [5, 5.41) is 1.72. The Bertz CT molecular complexity index is 1280. The fourth-order valence-corrected chi connectivity index (χ4v) is 6.46. The van der Waals surface area contributed by atoms with Crippen LogP contribution >= 0.6 is 23.4 Å². The lowest BCUT2D eigenvalue weighted by atomic mass is 10.2. The van der Waals surface area contributed by atoms with Crippen LogP contribution in [0.3, 0.4) is 0 Å². The zero-order chi connectivity index (χ0) is 21.3. The van der Waals surface area contributed by atoms with E-state index in [1.54, 1.807) is 30.3 Å². The van der Waals surface area contributed by atoms with Crippen LogP contribution in [0.1, 0.15) is 12.5 Å². The van der Waals surface area contributed by atoms with Gasteiger partial charge < -0.3 is 10.3 Å². The van der Waals surface area contributed by atoms with Crippen LogP contribution in [0.5, 0.6) is 0 Å². The number of halogens is 1. The van der Waals surface area contributed by atoms with E-state index in [0.29, 0.717) is 26.9 Å². The van der Waals surface area contributed by atoms with E-state index in [4.69, 9.17) is 17.3 Å². The van der Waals surface area contributed by atoms with Gasteiger partial charge in [0, 0.05) is 17.0 Å². The Kier molecular flexibility index (Phi) is 5.93. The maximum Gasteiger partial charge on any atom is 0.209 e. The summed E-state index contributed by atoms with van der Waals surface area (Å²) in [4.78, 5) is 0.575. The Morgan fingerprint density at radius 2 is 1.60 bits per heavy atom. The lowest BCUT2D eigenvalue weighted by Gasteiger charge is -2.14. The molecule has 0 aliphatic carbocycles. The second-order valence-corrected chi connectivity index (χ2v) is 10.7. The van der Waals surface area contributed by atoms with E-state index in [9.17, 15) is 8.42 Å². The van der Waals surface area contributed by atoms with Gasteiger partial charge in [0.15, 0.2) is 0 Å². The molecule has 4 rings (SSSR count). The predicted octanol–water partition coefficient (Wildman–Crippen LogP) is 5.57. The van der Waals surface area contributed by atoms with Crippen molar-refractivity contribution in [2.24, 2.45) is 5.73 Å². The highest BCUT2D eigenvalue weighted by Crippen LogP contribution is 2.40. The minimum Gasteiger partial charge on any atom is -0.330 e. The lowest BCUT2D eigenvalue weighted by Crippen LogP contribution is -2.13. The van der Waals surface area contributed by atoms with Gasteiger partial charge in [-0.2, -0.15) is 0 Å². The summed E-state index contributed by atoms with van der Waals surface area (Å²) in [5.74, 6) is 0. The number of hydrogen-bond donors (Lipinski definition) is 1. The average Bonchev–Trinajstić information content (AvgIpc) is 3.03. The van der Waals surface area contributed by atoms with Gasteiger partial charge in [0.1, 0.15) is 4.90 Å². The Labute approximate surface area is 185 Å². The van der Waals surface area contributed by atoms with E-state index in [0.717, 1.165) is 11.1 Å². The fourth-order valence-electron chi connectivity index (χ4n) is 3.45. The molecule has 0 spiro atoms. The van der Waals surface area contributed by atoms with Crippen molar-refractivity contribution in [2.45, 2.75) is 33.7 Å². The summed E-state index contributed by atoms with van der Waals surface area (Å²) in [6.07, 6.45) is 0. The SMILES string of the molecule is CC(N)Sc1c(S(=O)(=O)c2ccccc2)c2ccccc2n1Cc1ccc(Cl)cc1. The molecular formula is C23H21ClN2O2S2. The third kappa shape index (κ3) is 4.01. The third-order valence-corrected chi connectivity index (χ3v) is 8.00. The molecule has 4 nitrogen and oxygen atoms in total. The number of fused-ring (bicyclic) bond motifs is 1. The standard InChI is InChI=1S/C23H21ClN2O2S2/c1-16(25)29-23-22(30(27,28)19-7-3-2-4-8-19)20-9-5-6-10-21(20)26(23)15-17-11-13-18(24)14-12-17/h2-14,16H,15,25H2,1H3. The molecule has 0 radical (unpaired) electrons. The van der Waals surface area contributed by atoms with Crippen LogP contribution in [0, 0.1) is 0 Å². The number of hydrogen-bond acceptors (Lipinski definition) is 4. The Morgan fingerprint density at radius 1 is 0.967 bits per heavy atom. The number of sulfone groups is 1. The highest BCUT2D eigenvalue weighted by molar-refractivity contribution is 8.00. The average molecular weight is 457 g/mol. The largest absolute Gasteiger partial charge is 0.330 e. The molecule has 30 heavy (non-hydrogen) atoms. The quantitative estimate of drug-likeness (QED) is 0.304. The highest BCUT2D eigenvalue weighted by Gasteiger charge is 2.29. The lowest BCUT2D eigenvalue weighted by molar-refractivity contribution is 0.592. The van der Waals surface area contributed by atoms with Crippen LogP contribution in [0.2, 0.25) is 5.02 Å². The normalized spacial score (nSPS) is 12.9. The van der Waals surface area contributed by atoms with Crippen molar-refractivity contribution < 1.29 is 8.42 Å². The van der Waals surface area contributed by atoms with Crippen molar-refractivity contribution in [3.05, 3.63) is 89.4 Å². The van der Waals surface area contributed by atoms with Crippen LogP contribution in [0.4, 0.5) is 0 Å². The molecule has 3 aromatic carbocycles. The molecule has 1 atom stereocenters. The predicted molar refractivity (Wildman–Crippen MR) is 124 cm³/mol. The topological polar surface area (TPSA) is 65.1 Å². The third-order valence-electron chi connectivity index (χ3n) is 4.75. The zero-order valence-corrected chi connectivity index (χ0v) is 18.7. The van der Waals surface area contributed by atoms with E-state index in [1.165, 1.54) is 11.8 Å². The first-order valence-corrected chi connectivity index (χ1v) is 12.2. The summed E-state index contributed by atoms with van der Waals surface area (Å²) in [5.41, 5.74) is 7.99. The van der Waals surface area contributed by atoms with E-state index in [1.807, 2.05) is 60.0 Å². The van der Waals surface area contributed by atoms with Crippen molar-refractivity contribution in [3.63, 3.8) is 0 Å². The van der Waals surface area contributed by atoms with E-state index < -0.39 is 9.84 Å². The maximum absolute atomic E-state index is 13.7. The van der Waals surface area contributed by atoms with Gasteiger partial charge in [-0.1, -0.05) is 71.9 Å². The molecule has 154 valence electrons. The summed E-state index contributed by atoms with van der Waals surface area (Å²) in [6.45, 7) is 2.37. The molecule has 4 aromatic rings. The molecule has 0 saturated heterocycles. The summed E-state index contributed by atoms with van der Waals surface area (Å²) < 4.78 is 29.4. The monoisotopic (exact) mass is 456 g/mol. The second kappa shape index (κ2) is 8.47. The molecule has 0 aliphatic heterocycles. The van der Waals surface area contributed by atoms with Gasteiger partial charge in [0.05, 0.1) is 20.8 Å². The van der Waals surface area contributed by atoms with Crippen LogP contribution in [-0.4, -0.2) is 18.4 Å². The Balaban J connectivity index is 1.99.